The van der Waals surface area contributed by atoms with Crippen LogP contribution in [-0.2, 0) is 0 Å². The van der Waals surface area contributed by atoms with Crippen LogP contribution in [0.15, 0.2) is 15.3 Å². The molecule has 0 aliphatic rings. The highest BCUT2D eigenvalue weighted by Crippen LogP contribution is 2.21. The summed E-state index contributed by atoms with van der Waals surface area (Å²) in [4.78, 5) is 0. The fourth-order valence-electron chi connectivity index (χ4n) is 1.38. The molecular formula is C16H23N8+. The van der Waals surface area contributed by atoms with Gasteiger partial charge >= 0.3 is 0 Å². The van der Waals surface area contributed by atoms with E-state index >= 15 is 0 Å². The highest BCUT2D eigenvalue weighted by atomic mass is 15.4. The molecule has 0 aromatic carbocycles. The minimum atomic E-state index is -1.32. The van der Waals surface area contributed by atoms with Gasteiger partial charge in [-0.05, 0) is 39.7 Å². The van der Waals surface area contributed by atoms with Gasteiger partial charge in [0.05, 0.1) is 12.1 Å². The highest BCUT2D eigenvalue weighted by molar-refractivity contribution is 5.07. The quantitative estimate of drug-likeness (QED) is 0.546. The zero-order valence-corrected chi connectivity index (χ0v) is 15.3. The third kappa shape index (κ3) is 6.11. The summed E-state index contributed by atoms with van der Waals surface area (Å²) < 4.78 is 1.39. The molecule has 126 valence electrons. The Balaban J connectivity index is 5.98. The van der Waals surface area contributed by atoms with E-state index in [9.17, 15) is 15.8 Å². The van der Waals surface area contributed by atoms with Gasteiger partial charge in [0.1, 0.15) is 12.1 Å². The predicted octanol–water partition coefficient (Wildman–Crippen LogP) is 3.09. The van der Waals surface area contributed by atoms with Crippen LogP contribution in [0.25, 0.3) is 0 Å². The number of hydrogen-bond acceptors (Lipinski definition) is 7. The van der Waals surface area contributed by atoms with Crippen molar-refractivity contribution in [1.29, 1.82) is 21.0 Å². The standard InChI is InChI=1S/C16H23N8/c1-13(2,8-17)21-22-16(7,11-20)12-24(15(5,6)10-19)23-14(3,4)9-18/h12H2,1-7H3/q+1. The fourth-order valence-corrected chi connectivity index (χ4v) is 1.38. The smallest absolute Gasteiger partial charge is 0.196 e. The zero-order valence-electron chi connectivity index (χ0n) is 15.3. The van der Waals surface area contributed by atoms with Crippen LogP contribution in [0, 0.1) is 45.3 Å². The molecular weight excluding hydrogens is 304 g/mol. The van der Waals surface area contributed by atoms with Crippen molar-refractivity contribution in [2.45, 2.75) is 70.6 Å². The van der Waals surface area contributed by atoms with Gasteiger partial charge in [-0.1, -0.05) is 0 Å². The first kappa shape index (κ1) is 21.2. The molecule has 0 rings (SSSR count). The van der Waals surface area contributed by atoms with Crippen molar-refractivity contribution < 1.29 is 4.70 Å². The maximum Gasteiger partial charge on any atom is 0.266 e. The van der Waals surface area contributed by atoms with Crippen LogP contribution in [0.4, 0.5) is 0 Å². The van der Waals surface area contributed by atoms with E-state index in [0.29, 0.717) is 0 Å². The first-order chi connectivity index (χ1) is 10.8. The topological polar surface area (TPSA) is 135 Å². The van der Waals surface area contributed by atoms with Crippen LogP contribution < -0.4 is 0 Å². The molecule has 8 heteroatoms. The molecule has 24 heavy (non-hydrogen) atoms. The van der Waals surface area contributed by atoms with Crippen molar-refractivity contribution in [3.63, 3.8) is 0 Å². The lowest BCUT2D eigenvalue weighted by Crippen LogP contribution is -2.44. The molecule has 0 N–H and O–H groups in total. The first-order valence-corrected chi connectivity index (χ1v) is 7.36. The number of nitriles is 4. The Morgan fingerprint density at radius 3 is 1.58 bits per heavy atom. The van der Waals surface area contributed by atoms with Crippen molar-refractivity contribution >= 4 is 0 Å². The lowest BCUT2D eigenvalue weighted by Gasteiger charge is -2.21. The summed E-state index contributed by atoms with van der Waals surface area (Å²) in [5.74, 6) is 0. The molecule has 0 heterocycles. The summed E-state index contributed by atoms with van der Waals surface area (Å²) in [6.45, 7) is 11.1. The summed E-state index contributed by atoms with van der Waals surface area (Å²) in [5.41, 5.74) is -4.49. The molecule has 0 saturated carbocycles. The van der Waals surface area contributed by atoms with Gasteiger partial charge in [0.15, 0.2) is 5.54 Å². The molecule has 0 amide bonds. The lowest BCUT2D eigenvalue weighted by molar-refractivity contribution is -0.654. The second-order valence-electron chi connectivity index (χ2n) is 7.26. The molecule has 0 aliphatic carbocycles. The third-order valence-electron chi connectivity index (χ3n) is 3.06. The molecule has 0 aromatic rings. The highest BCUT2D eigenvalue weighted by Gasteiger charge is 2.42. The number of azo groups is 3. The van der Waals surface area contributed by atoms with E-state index in [2.05, 4.69) is 21.4 Å². The van der Waals surface area contributed by atoms with E-state index in [4.69, 9.17) is 5.26 Å². The first-order valence-electron chi connectivity index (χ1n) is 7.36. The van der Waals surface area contributed by atoms with Crippen LogP contribution in [-0.4, -0.2) is 33.4 Å². The fraction of sp³-hybridized carbons (Fsp3) is 0.750. The number of hydrogen-bond donors (Lipinski definition) is 0. The third-order valence-corrected chi connectivity index (χ3v) is 3.06. The normalized spacial score (nSPS) is 15.7. The van der Waals surface area contributed by atoms with Gasteiger partial charge in [0, 0.05) is 13.8 Å². The largest absolute Gasteiger partial charge is 0.266 e. The maximum atomic E-state index is 9.49. The van der Waals surface area contributed by atoms with E-state index < -0.39 is 22.2 Å². The summed E-state index contributed by atoms with van der Waals surface area (Å²) >= 11 is 0. The minimum absolute atomic E-state index is 0.0415. The van der Waals surface area contributed by atoms with Gasteiger partial charge in [0.25, 0.3) is 5.54 Å². The Kier molecular flexibility index (Phi) is 6.31. The van der Waals surface area contributed by atoms with Crippen molar-refractivity contribution in [2.24, 2.45) is 15.3 Å². The van der Waals surface area contributed by atoms with Crippen LogP contribution in [0.5, 0.6) is 0 Å². The number of nitrogens with zero attached hydrogens (tertiary/aromatic N) is 8. The van der Waals surface area contributed by atoms with E-state index in [-0.39, 0.29) is 6.54 Å². The SMILES string of the molecule is CC(C)(C#N)N=NC(C)(C#N)C[N+](=NC(C)(C)C#N)C(C)(C)C#N. The number of rotatable bonds is 6. The Hall–Kier alpha value is -2.84. The summed E-state index contributed by atoms with van der Waals surface area (Å²) in [6, 6.07) is 8.17. The van der Waals surface area contributed by atoms with Gasteiger partial charge < -0.3 is 0 Å². The Morgan fingerprint density at radius 1 is 0.708 bits per heavy atom. The summed E-state index contributed by atoms with van der Waals surface area (Å²) in [7, 11) is 0. The summed E-state index contributed by atoms with van der Waals surface area (Å²) in [6.07, 6.45) is 0. The second kappa shape index (κ2) is 7.16. The van der Waals surface area contributed by atoms with Crippen molar-refractivity contribution in [3.05, 3.63) is 0 Å². The van der Waals surface area contributed by atoms with Crippen LogP contribution in [0.2, 0.25) is 0 Å². The minimum Gasteiger partial charge on any atom is -0.196 e. The van der Waals surface area contributed by atoms with E-state index in [1.165, 1.54) is 4.70 Å². The lowest BCUT2D eigenvalue weighted by atomic mass is 10.0. The molecule has 0 aromatic heterocycles. The van der Waals surface area contributed by atoms with Crippen molar-refractivity contribution in [1.82, 2.24) is 0 Å². The molecule has 0 radical (unpaired) electrons. The van der Waals surface area contributed by atoms with Crippen LogP contribution in [0.3, 0.4) is 0 Å². The molecule has 1 unspecified atom stereocenters. The molecule has 8 nitrogen and oxygen atoms in total. The molecule has 0 fully saturated rings. The molecule has 0 aliphatic heterocycles. The van der Waals surface area contributed by atoms with Crippen LogP contribution in [0.1, 0.15) is 48.5 Å². The van der Waals surface area contributed by atoms with E-state index in [0.717, 1.165) is 0 Å². The average Bonchev–Trinajstić information content (AvgIpc) is 2.52. The van der Waals surface area contributed by atoms with Crippen molar-refractivity contribution in [2.75, 3.05) is 6.54 Å². The van der Waals surface area contributed by atoms with Crippen molar-refractivity contribution in [3.8, 4) is 24.3 Å². The average molecular weight is 327 g/mol. The Labute approximate surface area is 143 Å². The van der Waals surface area contributed by atoms with E-state index in [1.54, 1.807) is 48.5 Å². The van der Waals surface area contributed by atoms with Gasteiger partial charge in [-0.3, -0.25) is 0 Å². The van der Waals surface area contributed by atoms with E-state index in [1.807, 2.05) is 18.2 Å². The van der Waals surface area contributed by atoms with Gasteiger partial charge in [0.2, 0.25) is 17.6 Å². The zero-order chi connectivity index (χ0) is 19.2. The maximum absolute atomic E-state index is 9.49. The van der Waals surface area contributed by atoms with Gasteiger partial charge in [-0.15, -0.1) is 4.70 Å². The Morgan fingerprint density at radius 2 is 1.21 bits per heavy atom. The monoisotopic (exact) mass is 327 g/mol. The molecule has 0 saturated heterocycles. The summed E-state index contributed by atoms with van der Waals surface area (Å²) in [5, 5.41) is 49.3. The molecule has 0 bridgehead atoms. The molecule has 0 spiro atoms. The molecule has 1 atom stereocenters. The van der Waals surface area contributed by atoms with Crippen LogP contribution >= 0.6 is 0 Å². The Bertz CT molecular complexity index is 700. The van der Waals surface area contributed by atoms with Gasteiger partial charge in [-0.2, -0.15) is 31.3 Å². The second-order valence-corrected chi connectivity index (χ2v) is 7.26. The van der Waals surface area contributed by atoms with Gasteiger partial charge in [-0.25, -0.2) is 0 Å². The predicted molar refractivity (Wildman–Crippen MR) is 85.5 cm³/mol.